The van der Waals surface area contributed by atoms with E-state index in [-0.39, 0.29) is 16.8 Å². The van der Waals surface area contributed by atoms with Crippen LogP contribution in [-0.4, -0.2) is 11.8 Å². The molecule has 0 bridgehead atoms. The molecule has 2 aromatic carbocycles. The third kappa shape index (κ3) is 1.85. The fourth-order valence-corrected chi connectivity index (χ4v) is 2.02. The van der Waals surface area contributed by atoms with Gasteiger partial charge in [0.2, 0.25) is 0 Å². The van der Waals surface area contributed by atoms with Gasteiger partial charge in [0.05, 0.1) is 16.8 Å². The molecule has 0 unspecified atom stereocenters. The van der Waals surface area contributed by atoms with Crippen LogP contribution in [0, 0.1) is 5.82 Å². The molecule has 2 N–H and O–H groups in total. The Bertz CT molecular complexity index is 683. The summed E-state index contributed by atoms with van der Waals surface area (Å²) in [7, 11) is 0. The molecule has 0 atom stereocenters. The number of hydrogen-bond donors (Lipinski definition) is 2. The number of carbonyl (C=O) groups is 2. The van der Waals surface area contributed by atoms with Crippen molar-refractivity contribution in [3.63, 3.8) is 0 Å². The van der Waals surface area contributed by atoms with Gasteiger partial charge in [-0.3, -0.25) is 14.9 Å². The molecule has 94 valence electrons. The van der Waals surface area contributed by atoms with Gasteiger partial charge < -0.3 is 5.32 Å². The maximum absolute atomic E-state index is 13.9. The van der Waals surface area contributed by atoms with Crippen LogP contribution in [0.2, 0.25) is 0 Å². The van der Waals surface area contributed by atoms with Crippen molar-refractivity contribution in [2.45, 2.75) is 0 Å². The SMILES string of the molecule is O=C1NC(=O)c2c1ccc(F)c2Nc1ccccc1. The second kappa shape index (κ2) is 4.20. The number of hydrogen-bond acceptors (Lipinski definition) is 3. The van der Waals surface area contributed by atoms with E-state index in [1.807, 2.05) is 6.07 Å². The zero-order valence-electron chi connectivity index (χ0n) is 9.74. The normalized spacial score (nSPS) is 13.1. The first-order chi connectivity index (χ1) is 9.16. The largest absolute Gasteiger partial charge is 0.352 e. The van der Waals surface area contributed by atoms with Gasteiger partial charge in [-0.2, -0.15) is 0 Å². The molecule has 0 aliphatic carbocycles. The highest BCUT2D eigenvalue weighted by atomic mass is 19.1. The van der Waals surface area contributed by atoms with Crippen LogP contribution in [0.1, 0.15) is 20.7 Å². The van der Waals surface area contributed by atoms with E-state index in [4.69, 9.17) is 0 Å². The Morgan fingerprint density at radius 3 is 2.42 bits per heavy atom. The Labute approximate surface area is 108 Å². The van der Waals surface area contributed by atoms with Gasteiger partial charge in [0.15, 0.2) is 0 Å². The van der Waals surface area contributed by atoms with Crippen molar-refractivity contribution in [1.29, 1.82) is 0 Å². The lowest BCUT2D eigenvalue weighted by Crippen LogP contribution is -2.20. The van der Waals surface area contributed by atoms with Crippen molar-refractivity contribution >= 4 is 23.2 Å². The molecule has 5 heteroatoms. The lowest BCUT2D eigenvalue weighted by molar-refractivity contribution is 0.0880. The van der Waals surface area contributed by atoms with Crippen LogP contribution in [0.15, 0.2) is 42.5 Å². The molecule has 2 amide bonds. The Morgan fingerprint density at radius 1 is 0.947 bits per heavy atom. The molecule has 0 saturated heterocycles. The van der Waals surface area contributed by atoms with Crippen LogP contribution in [-0.2, 0) is 0 Å². The van der Waals surface area contributed by atoms with Gasteiger partial charge in [-0.15, -0.1) is 0 Å². The molecule has 3 rings (SSSR count). The minimum Gasteiger partial charge on any atom is -0.352 e. The molecular formula is C14H9FN2O2. The lowest BCUT2D eigenvalue weighted by Gasteiger charge is -2.10. The molecule has 0 aromatic heterocycles. The molecule has 1 aliphatic rings. The highest BCUT2D eigenvalue weighted by Gasteiger charge is 2.31. The molecule has 4 nitrogen and oxygen atoms in total. The Morgan fingerprint density at radius 2 is 1.68 bits per heavy atom. The van der Waals surface area contributed by atoms with Crippen molar-refractivity contribution in [2.75, 3.05) is 5.32 Å². The van der Waals surface area contributed by atoms with Crippen LogP contribution < -0.4 is 10.6 Å². The number of para-hydroxylation sites is 1. The van der Waals surface area contributed by atoms with E-state index in [0.29, 0.717) is 5.69 Å². The van der Waals surface area contributed by atoms with Gasteiger partial charge in [-0.05, 0) is 24.3 Å². The van der Waals surface area contributed by atoms with Gasteiger partial charge in [-0.25, -0.2) is 4.39 Å². The Hall–Kier alpha value is -2.69. The maximum Gasteiger partial charge on any atom is 0.261 e. The van der Waals surface area contributed by atoms with Gasteiger partial charge in [0.25, 0.3) is 11.8 Å². The maximum atomic E-state index is 13.9. The molecule has 1 heterocycles. The Kier molecular flexibility index (Phi) is 2.52. The molecule has 2 aromatic rings. The number of amides is 2. The smallest absolute Gasteiger partial charge is 0.261 e. The molecular weight excluding hydrogens is 247 g/mol. The summed E-state index contributed by atoms with van der Waals surface area (Å²) in [6, 6.07) is 11.4. The highest BCUT2D eigenvalue weighted by molar-refractivity contribution is 6.24. The molecule has 0 radical (unpaired) electrons. The summed E-state index contributed by atoms with van der Waals surface area (Å²) < 4.78 is 13.9. The minimum absolute atomic E-state index is 0.0204. The number of imide groups is 1. The zero-order chi connectivity index (χ0) is 13.4. The van der Waals surface area contributed by atoms with E-state index < -0.39 is 17.6 Å². The summed E-state index contributed by atoms with van der Waals surface area (Å²) in [4.78, 5) is 23.2. The number of halogens is 1. The molecule has 19 heavy (non-hydrogen) atoms. The van der Waals surface area contributed by atoms with E-state index >= 15 is 0 Å². The van der Waals surface area contributed by atoms with Gasteiger partial charge >= 0.3 is 0 Å². The first-order valence-electron chi connectivity index (χ1n) is 5.67. The topological polar surface area (TPSA) is 58.2 Å². The number of fused-ring (bicyclic) bond motifs is 1. The first kappa shape index (κ1) is 11.4. The predicted octanol–water partition coefficient (Wildman–Crippen LogP) is 2.45. The zero-order valence-corrected chi connectivity index (χ0v) is 9.74. The van der Waals surface area contributed by atoms with Crippen LogP contribution in [0.4, 0.5) is 15.8 Å². The fourth-order valence-electron chi connectivity index (χ4n) is 2.02. The number of nitrogens with one attached hydrogen (secondary N) is 2. The average molecular weight is 256 g/mol. The summed E-state index contributed by atoms with van der Waals surface area (Å²) in [5.74, 6) is -1.67. The van der Waals surface area contributed by atoms with Crippen molar-refractivity contribution in [2.24, 2.45) is 0 Å². The third-order valence-electron chi connectivity index (χ3n) is 2.90. The third-order valence-corrected chi connectivity index (χ3v) is 2.90. The van der Waals surface area contributed by atoms with Crippen molar-refractivity contribution in [3.8, 4) is 0 Å². The number of rotatable bonds is 2. The second-order valence-electron chi connectivity index (χ2n) is 4.12. The number of anilines is 2. The molecule has 0 fully saturated rings. The van der Waals surface area contributed by atoms with E-state index in [1.54, 1.807) is 24.3 Å². The monoisotopic (exact) mass is 256 g/mol. The Balaban J connectivity index is 2.12. The molecule has 1 aliphatic heterocycles. The minimum atomic E-state index is -0.585. The van der Waals surface area contributed by atoms with Crippen LogP contribution >= 0.6 is 0 Å². The summed E-state index contributed by atoms with van der Waals surface area (Å²) >= 11 is 0. The second-order valence-corrected chi connectivity index (χ2v) is 4.12. The van der Waals surface area contributed by atoms with Gasteiger partial charge in [0.1, 0.15) is 5.82 Å². The highest BCUT2D eigenvalue weighted by Crippen LogP contribution is 2.29. The summed E-state index contributed by atoms with van der Waals surface area (Å²) in [5, 5.41) is 4.99. The van der Waals surface area contributed by atoms with Crippen molar-refractivity contribution in [1.82, 2.24) is 5.32 Å². The predicted molar refractivity (Wildman–Crippen MR) is 67.9 cm³/mol. The number of carbonyl (C=O) groups excluding carboxylic acids is 2. The van der Waals surface area contributed by atoms with Gasteiger partial charge in [0, 0.05) is 5.69 Å². The van der Waals surface area contributed by atoms with E-state index in [9.17, 15) is 14.0 Å². The molecule has 0 spiro atoms. The summed E-state index contributed by atoms with van der Waals surface area (Å²) in [6.07, 6.45) is 0. The van der Waals surface area contributed by atoms with Crippen LogP contribution in [0.3, 0.4) is 0 Å². The summed E-state index contributed by atoms with van der Waals surface area (Å²) in [6.45, 7) is 0. The standard InChI is InChI=1S/C14H9FN2O2/c15-10-7-6-9-11(14(19)17-13(9)18)12(10)16-8-4-2-1-3-5-8/h1-7,16H,(H,17,18,19). The van der Waals surface area contributed by atoms with E-state index in [0.717, 1.165) is 0 Å². The lowest BCUT2D eigenvalue weighted by atomic mass is 10.1. The van der Waals surface area contributed by atoms with E-state index in [2.05, 4.69) is 10.6 Å². The molecule has 0 saturated carbocycles. The van der Waals surface area contributed by atoms with Crippen molar-refractivity contribution < 1.29 is 14.0 Å². The van der Waals surface area contributed by atoms with Crippen LogP contribution in [0.25, 0.3) is 0 Å². The van der Waals surface area contributed by atoms with Crippen LogP contribution in [0.5, 0.6) is 0 Å². The van der Waals surface area contributed by atoms with E-state index in [1.165, 1.54) is 12.1 Å². The summed E-state index contributed by atoms with van der Waals surface area (Å²) in [5.41, 5.74) is 0.896. The van der Waals surface area contributed by atoms with Gasteiger partial charge in [-0.1, -0.05) is 18.2 Å². The first-order valence-corrected chi connectivity index (χ1v) is 5.67. The average Bonchev–Trinajstić information content (AvgIpc) is 2.69. The number of benzene rings is 2. The fraction of sp³-hybridized carbons (Fsp3) is 0. The van der Waals surface area contributed by atoms with Crippen molar-refractivity contribution in [3.05, 3.63) is 59.4 Å². The quantitative estimate of drug-likeness (QED) is 0.811.